The number of hydrogen-bond acceptors (Lipinski definition) is 2. The van der Waals surface area contributed by atoms with Crippen LogP contribution in [-0.2, 0) is 0 Å². The number of rotatable bonds is 6. The van der Waals surface area contributed by atoms with Gasteiger partial charge in [-0.05, 0) is 42.9 Å². The minimum absolute atomic E-state index is 0.477. The van der Waals surface area contributed by atoms with E-state index < -0.39 is 0 Å². The second-order valence-electron chi connectivity index (χ2n) is 6.73. The van der Waals surface area contributed by atoms with Crippen molar-refractivity contribution in [2.75, 3.05) is 24.5 Å². The van der Waals surface area contributed by atoms with Gasteiger partial charge in [-0.15, -0.1) is 0 Å². The van der Waals surface area contributed by atoms with Gasteiger partial charge in [0.1, 0.15) is 0 Å². The molecule has 0 radical (unpaired) electrons. The number of para-hydroxylation sites is 1. The van der Waals surface area contributed by atoms with Crippen molar-refractivity contribution < 1.29 is 0 Å². The summed E-state index contributed by atoms with van der Waals surface area (Å²) in [6.45, 7) is 12.7. The molecule has 1 aliphatic rings. The van der Waals surface area contributed by atoms with Crippen molar-refractivity contribution in [2.45, 2.75) is 59.4 Å². The van der Waals surface area contributed by atoms with Gasteiger partial charge in [0, 0.05) is 24.8 Å². The highest BCUT2D eigenvalue weighted by atomic mass is 15.1. The fraction of sp³-hybridized carbons (Fsp3) is 0.684. The molecule has 1 aromatic carbocycles. The summed E-state index contributed by atoms with van der Waals surface area (Å²) in [4.78, 5) is 2.60. The minimum Gasteiger partial charge on any atom is -0.371 e. The summed E-state index contributed by atoms with van der Waals surface area (Å²) in [5, 5.41) is 3.63. The predicted molar refractivity (Wildman–Crippen MR) is 93.0 cm³/mol. The van der Waals surface area contributed by atoms with Crippen molar-refractivity contribution in [1.29, 1.82) is 0 Å². The first-order valence-corrected chi connectivity index (χ1v) is 8.70. The number of benzene rings is 1. The predicted octanol–water partition coefficient (Wildman–Crippen LogP) is 4.76. The first kappa shape index (κ1) is 16.4. The molecule has 1 fully saturated rings. The van der Waals surface area contributed by atoms with Gasteiger partial charge in [0.2, 0.25) is 0 Å². The highest BCUT2D eigenvalue weighted by Gasteiger charge is 2.29. The first-order valence-electron chi connectivity index (χ1n) is 8.70. The number of hydrogen-bond donors (Lipinski definition) is 1. The minimum atomic E-state index is 0.477. The number of piperidine rings is 1. The maximum atomic E-state index is 3.63. The highest BCUT2D eigenvalue weighted by Crippen LogP contribution is 2.37. The molecule has 2 heteroatoms. The van der Waals surface area contributed by atoms with Crippen molar-refractivity contribution in [3.63, 3.8) is 0 Å². The normalized spacial score (nSPS) is 19.5. The van der Waals surface area contributed by atoms with Gasteiger partial charge in [-0.25, -0.2) is 0 Å². The maximum Gasteiger partial charge on any atom is 0.0414 e. The van der Waals surface area contributed by atoms with E-state index in [4.69, 9.17) is 0 Å². The Kier molecular flexibility index (Phi) is 5.69. The van der Waals surface area contributed by atoms with Crippen LogP contribution in [0.25, 0.3) is 0 Å². The average molecular weight is 288 g/mol. The Labute approximate surface area is 130 Å². The third-order valence-electron chi connectivity index (χ3n) is 5.34. The Hall–Kier alpha value is -1.02. The van der Waals surface area contributed by atoms with Crippen LogP contribution < -0.4 is 10.2 Å². The average Bonchev–Trinajstić information content (AvgIpc) is 2.53. The van der Waals surface area contributed by atoms with Crippen LogP contribution in [0.4, 0.5) is 5.69 Å². The van der Waals surface area contributed by atoms with Crippen molar-refractivity contribution >= 4 is 5.69 Å². The summed E-state index contributed by atoms with van der Waals surface area (Å²) in [5.74, 6) is 0. The monoisotopic (exact) mass is 288 g/mol. The molecule has 1 saturated heterocycles. The van der Waals surface area contributed by atoms with E-state index in [2.05, 4.69) is 62.2 Å². The largest absolute Gasteiger partial charge is 0.371 e. The van der Waals surface area contributed by atoms with E-state index in [-0.39, 0.29) is 0 Å². The fourth-order valence-corrected chi connectivity index (χ4v) is 3.43. The van der Waals surface area contributed by atoms with Gasteiger partial charge >= 0.3 is 0 Å². The molecule has 118 valence electrons. The van der Waals surface area contributed by atoms with Gasteiger partial charge in [-0.2, -0.15) is 0 Å². The second kappa shape index (κ2) is 7.31. The Morgan fingerprint density at radius 1 is 1.14 bits per heavy atom. The van der Waals surface area contributed by atoms with E-state index >= 15 is 0 Å². The lowest BCUT2D eigenvalue weighted by atomic mass is 9.78. The van der Waals surface area contributed by atoms with Gasteiger partial charge in [0.25, 0.3) is 0 Å². The maximum absolute atomic E-state index is 3.63. The molecule has 0 saturated carbocycles. The number of anilines is 1. The van der Waals surface area contributed by atoms with E-state index in [9.17, 15) is 0 Å². The van der Waals surface area contributed by atoms with E-state index in [1.54, 1.807) is 0 Å². The van der Waals surface area contributed by atoms with E-state index in [1.807, 2.05) is 0 Å². The Balaban J connectivity index is 2.17. The summed E-state index contributed by atoms with van der Waals surface area (Å²) in [5.41, 5.74) is 3.47. The number of nitrogens with zero attached hydrogens (tertiary/aromatic N) is 1. The van der Waals surface area contributed by atoms with Gasteiger partial charge in [0.15, 0.2) is 0 Å². The zero-order valence-electron chi connectivity index (χ0n) is 14.3. The van der Waals surface area contributed by atoms with Gasteiger partial charge < -0.3 is 10.2 Å². The van der Waals surface area contributed by atoms with E-state index in [0.717, 1.165) is 13.0 Å². The van der Waals surface area contributed by atoms with E-state index in [1.165, 1.54) is 43.6 Å². The molecule has 0 aromatic heterocycles. The number of nitrogens with one attached hydrogen (secondary N) is 1. The molecular weight excluding hydrogens is 256 g/mol. The van der Waals surface area contributed by atoms with Crippen LogP contribution in [0.3, 0.4) is 0 Å². The fourth-order valence-electron chi connectivity index (χ4n) is 3.43. The third-order valence-corrected chi connectivity index (χ3v) is 5.34. The van der Waals surface area contributed by atoms with Gasteiger partial charge in [-0.3, -0.25) is 0 Å². The van der Waals surface area contributed by atoms with Crippen LogP contribution >= 0.6 is 0 Å². The molecule has 0 bridgehead atoms. The molecule has 1 atom stereocenters. The van der Waals surface area contributed by atoms with Crippen molar-refractivity contribution in [1.82, 2.24) is 5.32 Å². The molecule has 1 aliphatic heterocycles. The van der Waals surface area contributed by atoms with Gasteiger partial charge in [-0.1, -0.05) is 52.3 Å². The van der Waals surface area contributed by atoms with Crippen LogP contribution in [-0.4, -0.2) is 19.6 Å². The quantitative estimate of drug-likeness (QED) is 0.811. The second-order valence-corrected chi connectivity index (χ2v) is 6.73. The summed E-state index contributed by atoms with van der Waals surface area (Å²) in [6.07, 6.45) is 5.08. The molecule has 0 amide bonds. The molecule has 0 spiro atoms. The van der Waals surface area contributed by atoms with Crippen molar-refractivity contribution in [3.8, 4) is 0 Å². The first-order chi connectivity index (χ1) is 10.1. The summed E-state index contributed by atoms with van der Waals surface area (Å²) in [7, 11) is 0. The highest BCUT2D eigenvalue weighted by molar-refractivity contribution is 5.55. The molecule has 1 N–H and O–H groups in total. The molecule has 2 rings (SSSR count). The van der Waals surface area contributed by atoms with Crippen LogP contribution in [0.5, 0.6) is 0 Å². The lowest BCUT2D eigenvalue weighted by molar-refractivity contribution is 0.238. The Morgan fingerprint density at radius 3 is 2.38 bits per heavy atom. The van der Waals surface area contributed by atoms with E-state index in [0.29, 0.717) is 11.5 Å². The van der Waals surface area contributed by atoms with Crippen LogP contribution in [0, 0.1) is 5.41 Å². The molecular formula is C19H32N2. The summed E-state index contributed by atoms with van der Waals surface area (Å²) < 4.78 is 0. The SMILES string of the molecule is CCNC(CC)c1ccccc1N1CCC(C)(CC)CC1. The molecule has 1 aromatic rings. The van der Waals surface area contributed by atoms with Crippen LogP contribution in [0.2, 0.25) is 0 Å². The molecule has 1 heterocycles. The molecule has 0 aliphatic carbocycles. The molecule has 2 nitrogen and oxygen atoms in total. The Morgan fingerprint density at radius 2 is 1.81 bits per heavy atom. The Bertz CT molecular complexity index is 433. The molecule has 21 heavy (non-hydrogen) atoms. The summed E-state index contributed by atoms with van der Waals surface area (Å²) >= 11 is 0. The topological polar surface area (TPSA) is 15.3 Å². The molecule has 1 unspecified atom stereocenters. The summed E-state index contributed by atoms with van der Waals surface area (Å²) in [6, 6.07) is 9.46. The smallest absolute Gasteiger partial charge is 0.0414 e. The van der Waals surface area contributed by atoms with Crippen LogP contribution in [0.1, 0.15) is 65.0 Å². The zero-order valence-corrected chi connectivity index (χ0v) is 14.3. The van der Waals surface area contributed by atoms with Crippen molar-refractivity contribution in [3.05, 3.63) is 29.8 Å². The van der Waals surface area contributed by atoms with Gasteiger partial charge in [0.05, 0.1) is 0 Å². The van der Waals surface area contributed by atoms with Crippen LogP contribution in [0.15, 0.2) is 24.3 Å². The zero-order chi connectivity index (χ0) is 15.3. The van der Waals surface area contributed by atoms with Crippen molar-refractivity contribution in [2.24, 2.45) is 5.41 Å². The lowest BCUT2D eigenvalue weighted by Gasteiger charge is -2.41. The lowest BCUT2D eigenvalue weighted by Crippen LogP contribution is -2.39. The third kappa shape index (κ3) is 3.79. The standard InChI is InChI=1S/C19H32N2/c1-5-17(20-7-3)16-10-8-9-11-18(16)21-14-12-19(4,6-2)13-15-21/h8-11,17,20H,5-7,12-15H2,1-4H3.